The summed E-state index contributed by atoms with van der Waals surface area (Å²) in [4.78, 5) is 43.0. The normalized spacial score (nSPS) is 20.4. The zero-order chi connectivity index (χ0) is 23.3. The molecule has 2 amide bonds. The van der Waals surface area contributed by atoms with E-state index < -0.39 is 18.1 Å². The maximum atomic E-state index is 13.4. The Hall–Kier alpha value is -2.36. The van der Waals surface area contributed by atoms with Crippen LogP contribution >= 0.6 is 0 Å². The van der Waals surface area contributed by atoms with Gasteiger partial charge in [0.05, 0.1) is 12.6 Å². The van der Waals surface area contributed by atoms with Crippen LogP contribution in [-0.2, 0) is 14.4 Å². The van der Waals surface area contributed by atoms with Crippen molar-refractivity contribution in [1.29, 1.82) is 0 Å². The smallest absolute Gasteiger partial charge is 0.317 e. The van der Waals surface area contributed by atoms with Gasteiger partial charge < -0.3 is 26.8 Å². The molecule has 7 N–H and O–H groups in total. The van der Waals surface area contributed by atoms with Crippen molar-refractivity contribution >= 4 is 23.7 Å². The van der Waals surface area contributed by atoms with Gasteiger partial charge in [-0.2, -0.15) is 0 Å². The molecule has 2 fully saturated rings. The third-order valence-corrected chi connectivity index (χ3v) is 6.36. The Labute approximate surface area is 190 Å². The molecule has 1 heterocycles. The van der Waals surface area contributed by atoms with E-state index in [1.165, 1.54) is 6.42 Å². The molecule has 0 unspecified atom stereocenters. The number of hydrogen-bond donors (Lipinski definition) is 5. The minimum absolute atomic E-state index is 0.0599. The lowest BCUT2D eigenvalue weighted by Gasteiger charge is -2.38. The average Bonchev–Trinajstić information content (AvgIpc) is 2.78. The molecule has 2 aliphatic rings. The largest absolute Gasteiger partial charge is 0.480 e. The lowest BCUT2D eigenvalue weighted by molar-refractivity contribution is -0.145. The van der Waals surface area contributed by atoms with Crippen LogP contribution in [0, 0.1) is 5.92 Å². The number of carboxylic acid groups (broad SMARTS) is 1. The van der Waals surface area contributed by atoms with Crippen LogP contribution in [0.4, 0.5) is 0 Å². The number of rotatable bonds is 12. The summed E-state index contributed by atoms with van der Waals surface area (Å²) < 4.78 is 0. The van der Waals surface area contributed by atoms with Crippen LogP contribution in [0.5, 0.6) is 0 Å². The second-order valence-electron chi connectivity index (χ2n) is 8.91. The van der Waals surface area contributed by atoms with Crippen molar-refractivity contribution in [3.8, 4) is 0 Å². The monoisotopic (exact) mass is 452 g/mol. The summed E-state index contributed by atoms with van der Waals surface area (Å²) in [7, 11) is 0. The lowest BCUT2D eigenvalue weighted by Crippen LogP contribution is -2.57. The Kier molecular flexibility index (Phi) is 11.3. The number of hydrogen-bond acceptors (Lipinski definition) is 5. The molecule has 10 nitrogen and oxygen atoms in total. The van der Waals surface area contributed by atoms with Gasteiger partial charge in [0.2, 0.25) is 11.8 Å². The predicted molar refractivity (Wildman–Crippen MR) is 123 cm³/mol. The molecule has 10 heteroatoms. The quantitative estimate of drug-likeness (QED) is 0.164. The highest BCUT2D eigenvalue weighted by Crippen LogP contribution is 2.28. The SMILES string of the molecule is NC(N)=NCCCCNC(=O)[C@@H]1CCCCN1C(=O)[C@@H](CC1CCCCC1)NCC(=O)O. The molecule has 182 valence electrons. The zero-order valence-corrected chi connectivity index (χ0v) is 19.1. The van der Waals surface area contributed by atoms with E-state index in [1.54, 1.807) is 4.90 Å². The van der Waals surface area contributed by atoms with E-state index in [0.29, 0.717) is 38.4 Å². The van der Waals surface area contributed by atoms with Crippen molar-refractivity contribution in [1.82, 2.24) is 15.5 Å². The first kappa shape index (κ1) is 25.9. The number of likely N-dealkylation sites (tertiary alicyclic amines) is 1. The third kappa shape index (κ3) is 9.02. The summed E-state index contributed by atoms with van der Waals surface area (Å²) in [5.41, 5.74) is 10.6. The summed E-state index contributed by atoms with van der Waals surface area (Å²) in [6.45, 7) is 1.28. The zero-order valence-electron chi connectivity index (χ0n) is 19.1. The summed E-state index contributed by atoms with van der Waals surface area (Å²) >= 11 is 0. The number of aliphatic imine (C=N–C) groups is 1. The van der Waals surface area contributed by atoms with Crippen LogP contribution in [0.2, 0.25) is 0 Å². The third-order valence-electron chi connectivity index (χ3n) is 6.36. The Bertz CT molecular complexity index is 646. The standard InChI is InChI=1S/C22H40N6O4/c23-22(24)26-12-6-5-11-25-20(31)18-10-4-7-13-28(18)21(32)17(27-15-19(29)30)14-16-8-2-1-3-9-16/h16-18,27H,1-15H2,(H,25,31)(H,29,30)(H4,23,24,26)/t17-,18+/m1/s1. The average molecular weight is 453 g/mol. The van der Waals surface area contributed by atoms with E-state index >= 15 is 0 Å². The Morgan fingerprint density at radius 3 is 2.44 bits per heavy atom. The van der Waals surface area contributed by atoms with Crippen molar-refractivity contribution in [2.75, 3.05) is 26.2 Å². The second kappa shape index (κ2) is 13.9. The lowest BCUT2D eigenvalue weighted by atomic mass is 9.84. The van der Waals surface area contributed by atoms with Gasteiger partial charge in [0, 0.05) is 19.6 Å². The van der Waals surface area contributed by atoms with E-state index in [1.807, 2.05) is 0 Å². The minimum Gasteiger partial charge on any atom is -0.480 e. The summed E-state index contributed by atoms with van der Waals surface area (Å²) in [5, 5.41) is 15.0. The molecule has 1 saturated heterocycles. The van der Waals surface area contributed by atoms with Crippen LogP contribution in [0.1, 0.15) is 70.6 Å². The van der Waals surface area contributed by atoms with Gasteiger partial charge in [-0.15, -0.1) is 0 Å². The van der Waals surface area contributed by atoms with Gasteiger partial charge in [0.25, 0.3) is 0 Å². The molecule has 1 saturated carbocycles. The molecule has 0 aromatic rings. The number of carboxylic acids is 1. The summed E-state index contributed by atoms with van der Waals surface area (Å²) in [5.74, 6) is -0.801. The molecule has 2 atom stereocenters. The van der Waals surface area contributed by atoms with Crippen molar-refractivity contribution in [3.63, 3.8) is 0 Å². The summed E-state index contributed by atoms with van der Waals surface area (Å²) in [6, 6.07) is -1.07. The minimum atomic E-state index is -0.986. The molecule has 0 aromatic carbocycles. The molecule has 0 aromatic heterocycles. The van der Waals surface area contributed by atoms with Gasteiger partial charge in [-0.25, -0.2) is 0 Å². The maximum absolute atomic E-state index is 13.4. The molecule has 1 aliphatic heterocycles. The van der Waals surface area contributed by atoms with E-state index in [4.69, 9.17) is 16.6 Å². The molecule has 0 radical (unpaired) electrons. The molecule has 2 rings (SSSR count). The van der Waals surface area contributed by atoms with Crippen molar-refractivity contribution in [2.24, 2.45) is 22.4 Å². The van der Waals surface area contributed by atoms with Crippen LogP contribution in [-0.4, -0.2) is 72.0 Å². The fraction of sp³-hybridized carbons (Fsp3) is 0.818. The number of guanidine groups is 1. The highest BCUT2D eigenvalue weighted by Gasteiger charge is 2.36. The number of nitrogens with one attached hydrogen (secondary N) is 2. The molecule has 0 bridgehead atoms. The Balaban J connectivity index is 1.94. The van der Waals surface area contributed by atoms with E-state index in [2.05, 4.69) is 15.6 Å². The van der Waals surface area contributed by atoms with Gasteiger partial charge in [-0.1, -0.05) is 32.1 Å². The van der Waals surface area contributed by atoms with Gasteiger partial charge in [0.1, 0.15) is 6.04 Å². The Morgan fingerprint density at radius 2 is 1.75 bits per heavy atom. The topological polar surface area (TPSA) is 163 Å². The number of carbonyl (C=O) groups excluding carboxylic acids is 2. The van der Waals surface area contributed by atoms with Crippen molar-refractivity contribution in [2.45, 2.75) is 82.7 Å². The molecule has 32 heavy (non-hydrogen) atoms. The van der Waals surface area contributed by atoms with Crippen LogP contribution in [0.3, 0.4) is 0 Å². The fourth-order valence-electron chi connectivity index (χ4n) is 4.68. The highest BCUT2D eigenvalue weighted by atomic mass is 16.4. The molecule has 0 spiro atoms. The van der Waals surface area contributed by atoms with Gasteiger partial charge in [-0.3, -0.25) is 24.7 Å². The number of unbranched alkanes of at least 4 members (excludes halogenated alkanes) is 1. The number of aliphatic carboxylic acids is 1. The molecule has 1 aliphatic carbocycles. The molecular formula is C22H40N6O4. The second-order valence-corrected chi connectivity index (χ2v) is 8.91. The van der Waals surface area contributed by atoms with Crippen LogP contribution < -0.4 is 22.1 Å². The Morgan fingerprint density at radius 1 is 1.03 bits per heavy atom. The number of piperidine rings is 1. The van der Waals surface area contributed by atoms with E-state index in [-0.39, 0.29) is 24.3 Å². The summed E-state index contributed by atoms with van der Waals surface area (Å²) in [6.07, 6.45) is 10.2. The first-order valence-corrected chi connectivity index (χ1v) is 12.0. The van der Waals surface area contributed by atoms with E-state index in [0.717, 1.165) is 51.4 Å². The predicted octanol–water partition coefficient (Wildman–Crippen LogP) is 0.551. The van der Waals surface area contributed by atoms with Crippen molar-refractivity contribution in [3.05, 3.63) is 0 Å². The number of amides is 2. The fourth-order valence-corrected chi connectivity index (χ4v) is 4.68. The number of carbonyl (C=O) groups is 3. The van der Waals surface area contributed by atoms with Crippen molar-refractivity contribution < 1.29 is 19.5 Å². The van der Waals surface area contributed by atoms with Gasteiger partial charge in [0.15, 0.2) is 5.96 Å². The number of nitrogens with zero attached hydrogens (tertiary/aromatic N) is 2. The van der Waals surface area contributed by atoms with Gasteiger partial charge >= 0.3 is 5.97 Å². The van der Waals surface area contributed by atoms with Crippen LogP contribution in [0.25, 0.3) is 0 Å². The van der Waals surface area contributed by atoms with Gasteiger partial charge in [-0.05, 0) is 44.4 Å². The first-order valence-electron chi connectivity index (χ1n) is 12.0. The maximum Gasteiger partial charge on any atom is 0.317 e. The molecular weight excluding hydrogens is 412 g/mol. The number of nitrogens with two attached hydrogens (primary N) is 2. The first-order chi connectivity index (χ1) is 15.4. The van der Waals surface area contributed by atoms with Crippen LogP contribution in [0.15, 0.2) is 4.99 Å². The highest BCUT2D eigenvalue weighted by molar-refractivity contribution is 5.90. The van der Waals surface area contributed by atoms with E-state index in [9.17, 15) is 14.4 Å².